The number of nitrogens with one attached hydrogen (secondary N) is 2. The lowest BCUT2D eigenvalue weighted by Crippen LogP contribution is -2.16. The quantitative estimate of drug-likeness (QED) is 0.325. The number of rotatable bonds is 6. The molecule has 11 heteroatoms. The molecule has 0 amide bonds. The molecule has 0 saturated heterocycles. The molecule has 3 aromatic heterocycles. The third-order valence-corrected chi connectivity index (χ3v) is 7.11. The molecule has 2 aromatic carbocycles. The third-order valence-electron chi connectivity index (χ3n) is 5.28. The molecule has 0 aliphatic carbocycles. The van der Waals surface area contributed by atoms with Crippen molar-refractivity contribution in [2.24, 2.45) is 7.05 Å². The van der Waals surface area contributed by atoms with Crippen molar-refractivity contribution in [2.75, 3.05) is 16.7 Å². The van der Waals surface area contributed by atoms with Gasteiger partial charge in [-0.2, -0.15) is 0 Å². The Kier molecular flexibility index (Phi) is 5.58. The topological polar surface area (TPSA) is 109 Å². The Morgan fingerprint density at radius 3 is 2.62 bits per heavy atom. The van der Waals surface area contributed by atoms with E-state index in [1.807, 2.05) is 41.9 Å². The molecule has 0 fully saturated rings. The first kappa shape index (κ1) is 22.1. The Hall–Kier alpha value is -3.70. The van der Waals surface area contributed by atoms with Crippen LogP contribution >= 0.6 is 15.9 Å². The number of aryl methyl sites for hydroxylation is 1. The molecule has 0 aliphatic heterocycles. The zero-order valence-corrected chi connectivity index (χ0v) is 20.7. The summed E-state index contributed by atoms with van der Waals surface area (Å²) in [6.45, 7) is 0. The highest BCUT2D eigenvalue weighted by atomic mass is 79.9. The van der Waals surface area contributed by atoms with E-state index in [4.69, 9.17) is 0 Å². The molecule has 5 aromatic rings. The van der Waals surface area contributed by atoms with E-state index in [0.717, 1.165) is 15.7 Å². The summed E-state index contributed by atoms with van der Waals surface area (Å²) in [7, 11) is -0.0228. The summed E-state index contributed by atoms with van der Waals surface area (Å²) in [5.74, 6) is 1.26. The van der Waals surface area contributed by atoms with Gasteiger partial charge in [0.1, 0.15) is 5.82 Å². The van der Waals surface area contributed by atoms with Crippen LogP contribution in [0.1, 0.15) is 0 Å². The Bertz CT molecular complexity index is 1600. The Morgan fingerprint density at radius 2 is 1.88 bits per heavy atom. The van der Waals surface area contributed by atoms with Crippen LogP contribution in [0.3, 0.4) is 0 Å². The van der Waals surface area contributed by atoms with E-state index in [2.05, 4.69) is 40.6 Å². The Balaban J connectivity index is 1.62. The Labute approximate surface area is 204 Å². The average molecular weight is 538 g/mol. The molecule has 2 N–H and O–H groups in total. The number of sulfonamides is 1. The van der Waals surface area contributed by atoms with Gasteiger partial charge in [0.15, 0.2) is 5.65 Å². The number of imidazole rings is 2. The second-order valence-corrected chi connectivity index (χ2v) is 10.3. The van der Waals surface area contributed by atoms with Crippen molar-refractivity contribution in [1.82, 2.24) is 24.5 Å². The predicted octanol–water partition coefficient (Wildman–Crippen LogP) is 4.69. The van der Waals surface area contributed by atoms with Crippen molar-refractivity contribution >= 4 is 54.4 Å². The lowest BCUT2D eigenvalue weighted by molar-refractivity contribution is 0.601. The van der Waals surface area contributed by atoms with Gasteiger partial charge in [0.05, 0.1) is 16.1 Å². The van der Waals surface area contributed by atoms with Gasteiger partial charge in [0.25, 0.3) is 10.0 Å². The molecular formula is C23H20BrN7O2S. The summed E-state index contributed by atoms with van der Waals surface area (Å²) in [5.41, 5.74) is 3.14. The average Bonchev–Trinajstić information content (AvgIpc) is 3.44. The maximum absolute atomic E-state index is 13.0. The zero-order chi connectivity index (χ0) is 23.9. The van der Waals surface area contributed by atoms with E-state index in [-0.39, 0.29) is 4.90 Å². The van der Waals surface area contributed by atoms with Crippen LogP contribution in [0.2, 0.25) is 0 Å². The highest BCUT2D eigenvalue weighted by Gasteiger charge is 2.18. The van der Waals surface area contributed by atoms with Gasteiger partial charge in [0.2, 0.25) is 5.95 Å². The number of nitrogens with zero attached hydrogens (tertiary/aromatic N) is 5. The highest BCUT2D eigenvalue weighted by Crippen LogP contribution is 2.32. The van der Waals surface area contributed by atoms with Gasteiger partial charge >= 0.3 is 0 Å². The molecule has 0 radical (unpaired) electrons. The summed E-state index contributed by atoms with van der Waals surface area (Å²) in [5, 5.41) is 0. The van der Waals surface area contributed by atoms with Gasteiger partial charge in [-0.15, -0.1) is 0 Å². The van der Waals surface area contributed by atoms with Gasteiger partial charge in [0, 0.05) is 48.4 Å². The third kappa shape index (κ3) is 4.27. The molecule has 0 aliphatic rings. The SMILES string of the molecule is CN(c1cc(NS(=O)(=O)c2ccccc2)cc(-c2nc3ncc(Br)cc3[nH]2)c1)c1nccn1C. The number of aromatic amines is 1. The van der Waals surface area contributed by atoms with Crippen LogP contribution in [0.15, 0.2) is 82.6 Å². The minimum Gasteiger partial charge on any atom is -0.337 e. The number of H-pyrrole nitrogens is 1. The fourth-order valence-electron chi connectivity index (χ4n) is 3.62. The van der Waals surface area contributed by atoms with Crippen LogP contribution < -0.4 is 9.62 Å². The Morgan fingerprint density at radius 1 is 1.09 bits per heavy atom. The maximum Gasteiger partial charge on any atom is 0.261 e. The van der Waals surface area contributed by atoms with Crippen LogP contribution in [0.5, 0.6) is 0 Å². The molecule has 172 valence electrons. The van der Waals surface area contributed by atoms with Gasteiger partial charge in [-0.25, -0.2) is 23.4 Å². The van der Waals surface area contributed by atoms with Crippen LogP contribution in [0.4, 0.5) is 17.3 Å². The molecule has 34 heavy (non-hydrogen) atoms. The van der Waals surface area contributed by atoms with E-state index in [9.17, 15) is 8.42 Å². The summed E-state index contributed by atoms with van der Waals surface area (Å²) in [4.78, 5) is 18.7. The molecule has 0 saturated carbocycles. The van der Waals surface area contributed by atoms with Crippen LogP contribution in [0.25, 0.3) is 22.6 Å². The zero-order valence-electron chi connectivity index (χ0n) is 18.3. The number of pyridine rings is 1. The fraction of sp³-hybridized carbons (Fsp3) is 0.0870. The molecule has 3 heterocycles. The molecule has 0 bridgehead atoms. The lowest BCUT2D eigenvalue weighted by Gasteiger charge is -2.20. The van der Waals surface area contributed by atoms with E-state index >= 15 is 0 Å². The van der Waals surface area contributed by atoms with Gasteiger partial charge in [-0.1, -0.05) is 18.2 Å². The van der Waals surface area contributed by atoms with Gasteiger partial charge in [-0.05, 0) is 52.3 Å². The van der Waals surface area contributed by atoms with Crippen molar-refractivity contribution in [2.45, 2.75) is 4.90 Å². The summed E-state index contributed by atoms with van der Waals surface area (Å²) in [6, 6.07) is 15.6. The number of fused-ring (bicyclic) bond motifs is 1. The first-order valence-corrected chi connectivity index (χ1v) is 12.5. The minimum atomic E-state index is -3.79. The molecular weight excluding hydrogens is 518 g/mol. The molecule has 5 rings (SSSR count). The number of benzene rings is 2. The van der Waals surface area contributed by atoms with Gasteiger partial charge < -0.3 is 14.5 Å². The first-order valence-electron chi connectivity index (χ1n) is 10.3. The minimum absolute atomic E-state index is 0.178. The van der Waals surface area contributed by atoms with Crippen molar-refractivity contribution in [3.63, 3.8) is 0 Å². The monoisotopic (exact) mass is 537 g/mol. The fourth-order valence-corrected chi connectivity index (χ4v) is 5.01. The van der Waals surface area contributed by atoms with E-state index in [1.165, 1.54) is 0 Å². The second kappa shape index (κ2) is 8.58. The van der Waals surface area contributed by atoms with Crippen molar-refractivity contribution in [1.29, 1.82) is 0 Å². The standard InChI is InChI=1S/C23H20BrN7O2S/c1-30-9-8-25-23(30)31(2)18-11-15(21-27-20-12-16(24)14-26-22(20)28-21)10-17(13-18)29-34(32,33)19-6-4-3-5-7-19/h3-14,29H,1-2H3,(H,26,27,28). The van der Waals surface area contributed by atoms with E-state index < -0.39 is 10.0 Å². The summed E-state index contributed by atoms with van der Waals surface area (Å²) < 4.78 is 31.4. The predicted molar refractivity (Wildman–Crippen MR) is 136 cm³/mol. The molecule has 0 spiro atoms. The van der Waals surface area contributed by atoms with E-state index in [1.54, 1.807) is 54.9 Å². The van der Waals surface area contributed by atoms with Crippen LogP contribution in [-0.2, 0) is 17.1 Å². The number of hydrogen-bond acceptors (Lipinski definition) is 6. The highest BCUT2D eigenvalue weighted by molar-refractivity contribution is 9.10. The largest absolute Gasteiger partial charge is 0.337 e. The van der Waals surface area contributed by atoms with Crippen molar-refractivity contribution < 1.29 is 8.42 Å². The van der Waals surface area contributed by atoms with Crippen LogP contribution in [-0.4, -0.2) is 40.0 Å². The lowest BCUT2D eigenvalue weighted by atomic mass is 10.1. The second-order valence-electron chi connectivity index (χ2n) is 7.69. The normalized spacial score (nSPS) is 11.6. The maximum atomic E-state index is 13.0. The smallest absolute Gasteiger partial charge is 0.261 e. The van der Waals surface area contributed by atoms with Crippen molar-refractivity contribution in [3.8, 4) is 11.4 Å². The number of halogens is 1. The summed E-state index contributed by atoms with van der Waals surface area (Å²) in [6.07, 6.45) is 5.23. The molecule has 9 nitrogen and oxygen atoms in total. The van der Waals surface area contributed by atoms with Crippen molar-refractivity contribution in [3.05, 3.63) is 77.7 Å². The number of aromatic nitrogens is 5. The first-order chi connectivity index (χ1) is 16.3. The van der Waals surface area contributed by atoms with Crippen LogP contribution in [0, 0.1) is 0 Å². The number of anilines is 3. The number of hydrogen-bond donors (Lipinski definition) is 2. The summed E-state index contributed by atoms with van der Waals surface area (Å²) >= 11 is 3.42. The van der Waals surface area contributed by atoms with Gasteiger partial charge in [-0.3, -0.25) is 4.72 Å². The molecule has 0 unspecified atom stereocenters. The van der Waals surface area contributed by atoms with E-state index in [0.29, 0.717) is 28.7 Å². The molecule has 0 atom stereocenters.